The number of likely N-dealkylation sites (tertiary alicyclic amines) is 1. The van der Waals surface area contributed by atoms with Crippen molar-refractivity contribution in [2.45, 2.75) is 12.8 Å². The monoisotopic (exact) mass is 244 g/mol. The summed E-state index contributed by atoms with van der Waals surface area (Å²) in [5.41, 5.74) is 1.24. The van der Waals surface area contributed by atoms with Crippen molar-refractivity contribution >= 4 is 11.6 Å². The number of amides is 1. The summed E-state index contributed by atoms with van der Waals surface area (Å²) in [6.07, 6.45) is 5.38. The van der Waals surface area contributed by atoms with E-state index in [4.69, 9.17) is 5.26 Å². The quantitative estimate of drug-likeness (QED) is 0.796. The average Bonchev–Trinajstić information content (AvgIpc) is 2.92. The van der Waals surface area contributed by atoms with Gasteiger partial charge in [0.25, 0.3) is 0 Å². The number of anilines is 1. The first-order valence-electron chi connectivity index (χ1n) is 6.05. The second-order valence-corrected chi connectivity index (χ2v) is 4.45. The van der Waals surface area contributed by atoms with Crippen LogP contribution in [0.1, 0.15) is 18.4 Å². The van der Waals surface area contributed by atoms with Gasteiger partial charge in [0.1, 0.15) is 6.07 Å². The predicted octanol–water partition coefficient (Wildman–Crippen LogP) is 1.01. The summed E-state index contributed by atoms with van der Waals surface area (Å²) in [6, 6.07) is 3.77. The molecule has 1 aliphatic heterocycles. The summed E-state index contributed by atoms with van der Waals surface area (Å²) in [6.45, 7) is 2.00. The minimum absolute atomic E-state index is 0.114. The molecule has 0 unspecified atom stereocenters. The fourth-order valence-corrected chi connectivity index (χ4v) is 2.14. The van der Waals surface area contributed by atoms with Crippen LogP contribution in [0.5, 0.6) is 0 Å². The van der Waals surface area contributed by atoms with Gasteiger partial charge in [0.15, 0.2) is 0 Å². The molecule has 2 rings (SSSR count). The predicted molar refractivity (Wildman–Crippen MR) is 68.0 cm³/mol. The van der Waals surface area contributed by atoms with Crippen molar-refractivity contribution in [3.05, 3.63) is 24.0 Å². The minimum atomic E-state index is 0.114. The van der Waals surface area contributed by atoms with Crippen molar-refractivity contribution in [2.24, 2.45) is 0 Å². The van der Waals surface area contributed by atoms with Crippen LogP contribution in [0.25, 0.3) is 0 Å². The van der Waals surface area contributed by atoms with Gasteiger partial charge in [-0.3, -0.25) is 9.78 Å². The van der Waals surface area contributed by atoms with E-state index in [1.807, 2.05) is 11.9 Å². The first-order chi connectivity index (χ1) is 8.72. The molecular weight excluding hydrogens is 228 g/mol. The third-order valence-electron chi connectivity index (χ3n) is 3.16. The van der Waals surface area contributed by atoms with Crippen molar-refractivity contribution in [1.29, 1.82) is 5.26 Å². The highest BCUT2D eigenvalue weighted by atomic mass is 16.2. The summed E-state index contributed by atoms with van der Waals surface area (Å²) in [4.78, 5) is 19.7. The molecule has 2 heterocycles. The van der Waals surface area contributed by atoms with Gasteiger partial charge in [0.2, 0.25) is 5.91 Å². The van der Waals surface area contributed by atoms with Crippen molar-refractivity contribution in [1.82, 2.24) is 9.88 Å². The maximum absolute atomic E-state index is 12.0. The maximum atomic E-state index is 12.0. The SMILES string of the molecule is CN(CC(=O)N1CCCC1)c1cnccc1C#N. The molecule has 0 radical (unpaired) electrons. The first-order valence-corrected chi connectivity index (χ1v) is 6.05. The number of rotatable bonds is 3. The van der Waals surface area contributed by atoms with Gasteiger partial charge in [0, 0.05) is 26.3 Å². The molecule has 1 amide bonds. The zero-order chi connectivity index (χ0) is 13.0. The van der Waals surface area contributed by atoms with Crippen LogP contribution < -0.4 is 4.90 Å². The van der Waals surface area contributed by atoms with Crippen molar-refractivity contribution in [2.75, 3.05) is 31.6 Å². The largest absolute Gasteiger partial charge is 0.363 e. The zero-order valence-corrected chi connectivity index (χ0v) is 10.5. The van der Waals surface area contributed by atoms with Gasteiger partial charge in [-0.05, 0) is 18.9 Å². The Kier molecular flexibility index (Phi) is 3.78. The van der Waals surface area contributed by atoms with E-state index in [9.17, 15) is 4.79 Å². The fraction of sp³-hybridized carbons (Fsp3) is 0.462. The molecule has 94 valence electrons. The molecule has 5 heteroatoms. The molecule has 0 saturated carbocycles. The van der Waals surface area contributed by atoms with Gasteiger partial charge in [-0.2, -0.15) is 5.26 Å². The molecule has 0 aromatic carbocycles. The van der Waals surface area contributed by atoms with Crippen molar-refractivity contribution in [3.63, 3.8) is 0 Å². The van der Waals surface area contributed by atoms with Crippen LogP contribution in [-0.4, -0.2) is 42.5 Å². The molecule has 0 N–H and O–H groups in total. The van der Waals surface area contributed by atoms with E-state index >= 15 is 0 Å². The summed E-state index contributed by atoms with van der Waals surface area (Å²) in [5, 5.41) is 9.01. The van der Waals surface area contributed by atoms with E-state index in [1.54, 1.807) is 23.4 Å². The summed E-state index contributed by atoms with van der Waals surface area (Å²) in [7, 11) is 1.81. The first kappa shape index (κ1) is 12.4. The maximum Gasteiger partial charge on any atom is 0.242 e. The lowest BCUT2D eigenvalue weighted by Crippen LogP contribution is -2.37. The third kappa shape index (κ3) is 2.59. The van der Waals surface area contributed by atoms with E-state index in [0.717, 1.165) is 25.9 Å². The van der Waals surface area contributed by atoms with Gasteiger partial charge in [0.05, 0.1) is 24.0 Å². The second kappa shape index (κ2) is 5.50. The Morgan fingerprint density at radius 3 is 2.94 bits per heavy atom. The minimum Gasteiger partial charge on any atom is -0.363 e. The summed E-state index contributed by atoms with van der Waals surface area (Å²) in [5.74, 6) is 0.114. The number of pyridine rings is 1. The van der Waals surface area contributed by atoms with Crippen LogP contribution in [0.4, 0.5) is 5.69 Å². The van der Waals surface area contributed by atoms with E-state index in [1.165, 1.54) is 0 Å². The highest BCUT2D eigenvalue weighted by Gasteiger charge is 2.20. The molecule has 1 aromatic rings. The normalized spacial score (nSPS) is 14.3. The van der Waals surface area contributed by atoms with Crippen LogP contribution in [-0.2, 0) is 4.79 Å². The van der Waals surface area contributed by atoms with Crippen LogP contribution in [0.2, 0.25) is 0 Å². The number of aromatic nitrogens is 1. The van der Waals surface area contributed by atoms with Crippen LogP contribution in [0.15, 0.2) is 18.5 Å². The van der Waals surface area contributed by atoms with Gasteiger partial charge >= 0.3 is 0 Å². The molecule has 0 atom stereocenters. The standard InChI is InChI=1S/C13H16N4O/c1-16(10-13(18)17-6-2-3-7-17)12-9-15-5-4-11(12)8-14/h4-5,9H,2-3,6-7,10H2,1H3. The van der Waals surface area contributed by atoms with Gasteiger partial charge in [-0.15, -0.1) is 0 Å². The van der Waals surface area contributed by atoms with Gasteiger partial charge in [-0.1, -0.05) is 0 Å². The van der Waals surface area contributed by atoms with E-state index in [0.29, 0.717) is 17.8 Å². The van der Waals surface area contributed by atoms with Crippen LogP contribution in [0, 0.1) is 11.3 Å². The lowest BCUT2D eigenvalue weighted by atomic mass is 10.2. The smallest absolute Gasteiger partial charge is 0.242 e. The molecule has 1 saturated heterocycles. The molecule has 0 spiro atoms. The number of hydrogen-bond donors (Lipinski definition) is 0. The molecular formula is C13H16N4O. The molecule has 1 aliphatic rings. The second-order valence-electron chi connectivity index (χ2n) is 4.45. The Balaban J connectivity index is 2.05. The Morgan fingerprint density at radius 1 is 1.56 bits per heavy atom. The van der Waals surface area contributed by atoms with Crippen LogP contribution >= 0.6 is 0 Å². The van der Waals surface area contributed by atoms with Crippen LogP contribution in [0.3, 0.4) is 0 Å². The molecule has 1 aromatic heterocycles. The van der Waals surface area contributed by atoms with Gasteiger partial charge < -0.3 is 9.80 Å². The zero-order valence-electron chi connectivity index (χ0n) is 10.5. The highest BCUT2D eigenvalue weighted by molar-refractivity contribution is 5.82. The van der Waals surface area contributed by atoms with Crippen molar-refractivity contribution in [3.8, 4) is 6.07 Å². The summed E-state index contributed by atoms with van der Waals surface area (Å²) < 4.78 is 0. The molecule has 0 bridgehead atoms. The lowest BCUT2D eigenvalue weighted by Gasteiger charge is -2.23. The van der Waals surface area contributed by atoms with E-state index in [-0.39, 0.29) is 5.91 Å². The third-order valence-corrected chi connectivity index (χ3v) is 3.16. The Labute approximate surface area is 107 Å². The van der Waals surface area contributed by atoms with E-state index in [2.05, 4.69) is 11.1 Å². The number of nitriles is 1. The molecule has 1 fully saturated rings. The number of carbonyl (C=O) groups is 1. The number of likely N-dealkylation sites (N-methyl/N-ethyl adjacent to an activating group) is 1. The summed E-state index contributed by atoms with van der Waals surface area (Å²) >= 11 is 0. The van der Waals surface area contributed by atoms with E-state index < -0.39 is 0 Å². The fourth-order valence-electron chi connectivity index (χ4n) is 2.14. The lowest BCUT2D eigenvalue weighted by molar-refractivity contribution is -0.128. The average molecular weight is 244 g/mol. The Bertz CT molecular complexity index is 474. The molecule has 5 nitrogen and oxygen atoms in total. The highest BCUT2D eigenvalue weighted by Crippen LogP contribution is 2.17. The topological polar surface area (TPSA) is 60.2 Å². The van der Waals surface area contributed by atoms with Gasteiger partial charge in [-0.25, -0.2) is 0 Å². The number of hydrogen-bond acceptors (Lipinski definition) is 4. The molecule has 18 heavy (non-hydrogen) atoms. The number of nitrogens with zero attached hydrogens (tertiary/aromatic N) is 4. The van der Waals surface area contributed by atoms with Crippen molar-refractivity contribution < 1.29 is 4.79 Å². The molecule has 0 aliphatic carbocycles. The number of carbonyl (C=O) groups excluding carboxylic acids is 1. The Hall–Kier alpha value is -2.09. The Morgan fingerprint density at radius 2 is 2.28 bits per heavy atom.